The normalized spacial score (nSPS) is 17.0. The number of nitrogens with zero attached hydrogens (tertiary/aromatic N) is 3. The van der Waals surface area contributed by atoms with Crippen LogP contribution in [0.5, 0.6) is 0 Å². The number of aryl methyl sites for hydroxylation is 1. The molecule has 7 nitrogen and oxygen atoms in total. The second-order valence-electron chi connectivity index (χ2n) is 6.69. The monoisotopic (exact) mass is 360 g/mol. The summed E-state index contributed by atoms with van der Waals surface area (Å²) in [4.78, 5) is 41.7. The van der Waals surface area contributed by atoms with E-state index < -0.39 is 6.04 Å². The van der Waals surface area contributed by atoms with Gasteiger partial charge in [0.05, 0.1) is 6.54 Å². The van der Waals surface area contributed by atoms with Crippen LogP contribution in [-0.4, -0.2) is 73.8 Å². The van der Waals surface area contributed by atoms with Gasteiger partial charge in [-0.25, -0.2) is 0 Å². The van der Waals surface area contributed by atoms with Crippen LogP contribution in [0.1, 0.15) is 18.9 Å². The first-order valence-corrected chi connectivity index (χ1v) is 8.88. The highest BCUT2D eigenvalue weighted by atomic mass is 16.2. The summed E-state index contributed by atoms with van der Waals surface area (Å²) in [5, 5.41) is 2.58. The lowest BCUT2D eigenvalue weighted by Gasteiger charge is -2.40. The van der Waals surface area contributed by atoms with E-state index in [0.29, 0.717) is 26.1 Å². The van der Waals surface area contributed by atoms with Crippen LogP contribution in [0.4, 0.5) is 5.69 Å². The minimum absolute atomic E-state index is 0.00149. The summed E-state index contributed by atoms with van der Waals surface area (Å²) in [6, 6.07) is 7.51. The molecular weight excluding hydrogens is 332 g/mol. The summed E-state index contributed by atoms with van der Waals surface area (Å²) in [7, 11) is 3.50. The summed E-state index contributed by atoms with van der Waals surface area (Å²) in [6.07, 6.45) is 0.366. The van der Waals surface area contributed by atoms with Gasteiger partial charge in [-0.3, -0.25) is 14.4 Å². The zero-order valence-corrected chi connectivity index (χ0v) is 16.0. The molecule has 1 aliphatic rings. The number of anilines is 1. The van der Waals surface area contributed by atoms with E-state index in [1.165, 1.54) is 24.4 Å². The van der Waals surface area contributed by atoms with Crippen LogP contribution in [-0.2, 0) is 14.4 Å². The number of likely N-dealkylation sites (N-methyl/N-ethyl adjacent to an activating group) is 1. The molecule has 26 heavy (non-hydrogen) atoms. The molecule has 0 spiro atoms. The lowest BCUT2D eigenvalue weighted by Crippen LogP contribution is -2.61. The van der Waals surface area contributed by atoms with Crippen molar-refractivity contribution in [2.75, 3.05) is 45.2 Å². The van der Waals surface area contributed by atoms with E-state index in [9.17, 15) is 14.4 Å². The largest absolute Gasteiger partial charge is 0.374 e. The Morgan fingerprint density at radius 3 is 2.62 bits per heavy atom. The number of rotatable bonds is 5. The van der Waals surface area contributed by atoms with Gasteiger partial charge in [0.1, 0.15) is 6.04 Å². The number of carbonyl (C=O) groups excluding carboxylic acids is 3. The smallest absolute Gasteiger partial charge is 0.244 e. The molecule has 7 heteroatoms. The van der Waals surface area contributed by atoms with Crippen LogP contribution in [0.2, 0.25) is 0 Å². The van der Waals surface area contributed by atoms with E-state index in [1.54, 1.807) is 4.90 Å². The van der Waals surface area contributed by atoms with Crippen molar-refractivity contribution >= 4 is 23.4 Å². The van der Waals surface area contributed by atoms with Crippen molar-refractivity contribution in [2.24, 2.45) is 0 Å². The molecule has 1 aromatic carbocycles. The van der Waals surface area contributed by atoms with Gasteiger partial charge in [-0.15, -0.1) is 0 Å². The minimum atomic E-state index is -0.621. The summed E-state index contributed by atoms with van der Waals surface area (Å²) < 4.78 is 0. The van der Waals surface area contributed by atoms with E-state index in [-0.39, 0.29) is 24.3 Å². The fraction of sp³-hybridized carbons (Fsp3) is 0.526. The third-order valence-corrected chi connectivity index (χ3v) is 4.79. The van der Waals surface area contributed by atoms with Gasteiger partial charge in [-0.05, 0) is 24.6 Å². The molecule has 0 aromatic heterocycles. The predicted molar refractivity (Wildman–Crippen MR) is 101 cm³/mol. The maximum Gasteiger partial charge on any atom is 0.244 e. The SMILES string of the molecule is CNC(=O)C1CN(C(=O)CCN(C)c2cccc(C)c2)CCN1C(C)=O. The molecule has 1 N–H and O–H groups in total. The fourth-order valence-electron chi connectivity index (χ4n) is 3.19. The average molecular weight is 360 g/mol. The molecule has 1 unspecified atom stereocenters. The topological polar surface area (TPSA) is 73.0 Å². The van der Waals surface area contributed by atoms with Gasteiger partial charge in [0.2, 0.25) is 17.7 Å². The van der Waals surface area contributed by atoms with Crippen molar-refractivity contribution in [1.82, 2.24) is 15.1 Å². The van der Waals surface area contributed by atoms with E-state index >= 15 is 0 Å². The first-order chi connectivity index (χ1) is 12.3. The molecule has 0 bridgehead atoms. The third kappa shape index (κ3) is 4.74. The Morgan fingerprint density at radius 1 is 1.27 bits per heavy atom. The van der Waals surface area contributed by atoms with Crippen LogP contribution in [0.15, 0.2) is 24.3 Å². The van der Waals surface area contributed by atoms with Gasteiger partial charge >= 0.3 is 0 Å². The number of nitrogens with one attached hydrogen (secondary N) is 1. The van der Waals surface area contributed by atoms with E-state index in [2.05, 4.69) is 11.4 Å². The second kappa shape index (κ2) is 8.69. The average Bonchev–Trinajstić information content (AvgIpc) is 2.64. The van der Waals surface area contributed by atoms with Crippen LogP contribution in [0.3, 0.4) is 0 Å². The molecule has 0 aliphatic carbocycles. The second-order valence-corrected chi connectivity index (χ2v) is 6.69. The van der Waals surface area contributed by atoms with Crippen LogP contribution < -0.4 is 10.2 Å². The van der Waals surface area contributed by atoms with Crippen molar-refractivity contribution < 1.29 is 14.4 Å². The Balaban J connectivity index is 1.95. The summed E-state index contributed by atoms with van der Waals surface area (Å²) >= 11 is 0. The molecule has 3 amide bonds. The predicted octanol–water partition coefficient (Wildman–Crippen LogP) is 0.627. The highest BCUT2D eigenvalue weighted by Crippen LogP contribution is 2.16. The van der Waals surface area contributed by atoms with Crippen molar-refractivity contribution in [3.05, 3.63) is 29.8 Å². The maximum atomic E-state index is 12.6. The van der Waals surface area contributed by atoms with Gasteiger partial charge in [-0.2, -0.15) is 0 Å². The molecule has 0 radical (unpaired) electrons. The highest BCUT2D eigenvalue weighted by molar-refractivity contribution is 5.88. The number of benzene rings is 1. The zero-order chi connectivity index (χ0) is 19.3. The van der Waals surface area contributed by atoms with Crippen molar-refractivity contribution in [3.8, 4) is 0 Å². The summed E-state index contributed by atoms with van der Waals surface area (Å²) in [5.41, 5.74) is 2.25. The van der Waals surface area contributed by atoms with Gasteiger partial charge in [0.15, 0.2) is 0 Å². The third-order valence-electron chi connectivity index (χ3n) is 4.79. The number of hydrogen-bond donors (Lipinski definition) is 1. The molecule has 1 heterocycles. The van der Waals surface area contributed by atoms with Crippen LogP contribution in [0, 0.1) is 6.92 Å². The molecule has 1 aliphatic heterocycles. The first kappa shape index (κ1) is 19.8. The molecular formula is C19H28N4O3. The molecule has 1 atom stereocenters. The molecule has 2 rings (SSSR count). The number of piperazine rings is 1. The molecule has 0 saturated carbocycles. The number of carbonyl (C=O) groups is 3. The summed E-state index contributed by atoms with van der Waals surface area (Å²) in [6.45, 7) is 5.17. The Bertz CT molecular complexity index is 677. The molecule has 1 aromatic rings. The summed E-state index contributed by atoms with van der Waals surface area (Å²) in [5.74, 6) is -0.388. The number of hydrogen-bond acceptors (Lipinski definition) is 4. The minimum Gasteiger partial charge on any atom is -0.374 e. The molecule has 1 fully saturated rings. The lowest BCUT2D eigenvalue weighted by molar-refractivity contribution is -0.147. The quantitative estimate of drug-likeness (QED) is 0.836. The lowest BCUT2D eigenvalue weighted by atomic mass is 10.1. The van der Waals surface area contributed by atoms with Gasteiger partial charge < -0.3 is 20.0 Å². The maximum absolute atomic E-state index is 12.6. The van der Waals surface area contributed by atoms with Crippen LogP contribution >= 0.6 is 0 Å². The van der Waals surface area contributed by atoms with Gasteiger partial charge in [0, 0.05) is 52.8 Å². The highest BCUT2D eigenvalue weighted by Gasteiger charge is 2.35. The Hall–Kier alpha value is -2.57. The molecule has 1 saturated heterocycles. The first-order valence-electron chi connectivity index (χ1n) is 8.88. The van der Waals surface area contributed by atoms with Crippen molar-refractivity contribution in [3.63, 3.8) is 0 Å². The van der Waals surface area contributed by atoms with Gasteiger partial charge in [-0.1, -0.05) is 12.1 Å². The fourth-order valence-corrected chi connectivity index (χ4v) is 3.19. The Labute approximate surface area is 154 Å². The molecule has 142 valence electrons. The van der Waals surface area contributed by atoms with Crippen LogP contribution in [0.25, 0.3) is 0 Å². The number of amides is 3. The van der Waals surface area contributed by atoms with E-state index in [1.807, 2.05) is 37.1 Å². The van der Waals surface area contributed by atoms with Crippen molar-refractivity contribution in [1.29, 1.82) is 0 Å². The van der Waals surface area contributed by atoms with Gasteiger partial charge in [0.25, 0.3) is 0 Å². The standard InChI is InChI=1S/C19H28N4O3/c1-14-6-5-7-16(12-14)21(4)9-8-18(25)22-10-11-23(15(2)24)17(13-22)19(26)20-3/h5-7,12,17H,8-11,13H2,1-4H3,(H,20,26). The van der Waals surface area contributed by atoms with E-state index in [4.69, 9.17) is 0 Å². The van der Waals surface area contributed by atoms with E-state index in [0.717, 1.165) is 5.69 Å². The zero-order valence-electron chi connectivity index (χ0n) is 16.0. The Morgan fingerprint density at radius 2 is 2.00 bits per heavy atom. The van der Waals surface area contributed by atoms with Crippen molar-refractivity contribution in [2.45, 2.75) is 26.3 Å². The Kier molecular flexibility index (Phi) is 6.60.